The average molecular weight is 275 g/mol. The Morgan fingerprint density at radius 3 is 2.60 bits per heavy atom. The number of hydrogen-bond donors (Lipinski definition) is 1. The second-order valence-corrected chi connectivity index (χ2v) is 6.42. The third-order valence-corrected chi connectivity index (χ3v) is 4.27. The van der Waals surface area contributed by atoms with Gasteiger partial charge in [-0.1, -0.05) is 32.8 Å². The van der Waals surface area contributed by atoms with Gasteiger partial charge in [0.2, 0.25) is 0 Å². The van der Waals surface area contributed by atoms with E-state index in [4.69, 9.17) is 5.73 Å². The Hall–Kier alpha value is -0.930. The van der Waals surface area contributed by atoms with Gasteiger partial charge in [-0.3, -0.25) is 9.88 Å². The van der Waals surface area contributed by atoms with Crippen molar-refractivity contribution in [1.82, 2.24) is 9.88 Å². The third kappa shape index (κ3) is 4.57. The lowest BCUT2D eigenvalue weighted by atomic mass is 10.1. The van der Waals surface area contributed by atoms with Crippen molar-refractivity contribution in [2.75, 3.05) is 6.54 Å². The van der Waals surface area contributed by atoms with E-state index in [-0.39, 0.29) is 0 Å². The van der Waals surface area contributed by atoms with Crippen LogP contribution < -0.4 is 5.73 Å². The highest BCUT2D eigenvalue weighted by atomic mass is 15.2. The van der Waals surface area contributed by atoms with Crippen LogP contribution in [0.1, 0.15) is 57.3 Å². The van der Waals surface area contributed by atoms with E-state index in [2.05, 4.69) is 35.9 Å². The molecule has 1 aromatic heterocycles. The number of nitrogens with zero attached hydrogens (tertiary/aromatic N) is 2. The molecule has 1 aliphatic rings. The van der Waals surface area contributed by atoms with Gasteiger partial charge >= 0.3 is 0 Å². The summed E-state index contributed by atoms with van der Waals surface area (Å²) in [5, 5.41) is 0. The lowest BCUT2D eigenvalue weighted by Crippen LogP contribution is -2.34. The van der Waals surface area contributed by atoms with E-state index in [1.165, 1.54) is 44.3 Å². The van der Waals surface area contributed by atoms with Crippen molar-refractivity contribution in [3.8, 4) is 0 Å². The summed E-state index contributed by atoms with van der Waals surface area (Å²) < 4.78 is 0. The molecule has 3 heteroatoms. The van der Waals surface area contributed by atoms with Crippen LogP contribution in [0.25, 0.3) is 0 Å². The molecule has 0 bridgehead atoms. The lowest BCUT2D eigenvalue weighted by Gasteiger charge is -2.29. The Morgan fingerprint density at radius 1 is 1.25 bits per heavy atom. The number of aromatic nitrogens is 1. The standard InChI is InChI=1S/C17H29N3/c1-14(2)10-11-20(17-8-3-4-9-17)13-16-7-5-6-15(12-18)19-16/h5-7,14,17H,3-4,8-13,18H2,1-2H3. The molecule has 0 atom stereocenters. The number of pyridine rings is 1. The summed E-state index contributed by atoms with van der Waals surface area (Å²) in [6.07, 6.45) is 6.76. The van der Waals surface area contributed by atoms with E-state index < -0.39 is 0 Å². The van der Waals surface area contributed by atoms with Crippen LogP contribution in [0, 0.1) is 5.92 Å². The number of rotatable bonds is 7. The molecular weight excluding hydrogens is 246 g/mol. The topological polar surface area (TPSA) is 42.1 Å². The Balaban J connectivity index is 2.01. The van der Waals surface area contributed by atoms with Crippen molar-refractivity contribution in [2.24, 2.45) is 11.7 Å². The second kappa shape index (κ2) is 7.75. The Kier molecular flexibility index (Phi) is 5.99. The maximum absolute atomic E-state index is 5.69. The van der Waals surface area contributed by atoms with E-state index in [1.807, 2.05) is 6.07 Å². The zero-order valence-electron chi connectivity index (χ0n) is 13.0. The molecule has 1 fully saturated rings. The maximum atomic E-state index is 5.69. The quantitative estimate of drug-likeness (QED) is 0.830. The highest BCUT2D eigenvalue weighted by Gasteiger charge is 2.22. The first kappa shape index (κ1) is 15.5. The summed E-state index contributed by atoms with van der Waals surface area (Å²) in [6, 6.07) is 6.99. The number of nitrogens with two attached hydrogens (primary N) is 1. The molecule has 3 nitrogen and oxygen atoms in total. The van der Waals surface area contributed by atoms with E-state index in [0.717, 1.165) is 24.2 Å². The molecule has 2 rings (SSSR count). The van der Waals surface area contributed by atoms with Crippen LogP contribution in [-0.4, -0.2) is 22.5 Å². The van der Waals surface area contributed by atoms with Gasteiger partial charge in [-0.25, -0.2) is 0 Å². The molecule has 0 unspecified atom stereocenters. The zero-order valence-corrected chi connectivity index (χ0v) is 13.0. The van der Waals surface area contributed by atoms with Crippen molar-refractivity contribution in [3.05, 3.63) is 29.6 Å². The molecule has 0 amide bonds. The summed E-state index contributed by atoms with van der Waals surface area (Å²) >= 11 is 0. The van der Waals surface area contributed by atoms with Crippen molar-refractivity contribution in [3.63, 3.8) is 0 Å². The van der Waals surface area contributed by atoms with Gasteiger partial charge < -0.3 is 5.73 Å². The summed E-state index contributed by atoms with van der Waals surface area (Å²) in [7, 11) is 0. The minimum atomic E-state index is 0.531. The molecular formula is C17H29N3. The van der Waals surface area contributed by atoms with Gasteiger partial charge in [-0.05, 0) is 43.9 Å². The molecule has 0 aliphatic heterocycles. The fourth-order valence-electron chi connectivity index (χ4n) is 3.02. The van der Waals surface area contributed by atoms with E-state index in [9.17, 15) is 0 Å². The van der Waals surface area contributed by atoms with Gasteiger partial charge in [0, 0.05) is 19.1 Å². The molecule has 2 N–H and O–H groups in total. The van der Waals surface area contributed by atoms with Crippen LogP contribution in [0.2, 0.25) is 0 Å². The van der Waals surface area contributed by atoms with Gasteiger partial charge in [0.05, 0.1) is 11.4 Å². The van der Waals surface area contributed by atoms with E-state index in [0.29, 0.717) is 6.54 Å². The molecule has 1 saturated carbocycles. The van der Waals surface area contributed by atoms with Gasteiger partial charge in [-0.15, -0.1) is 0 Å². The maximum Gasteiger partial charge on any atom is 0.0547 e. The summed E-state index contributed by atoms with van der Waals surface area (Å²) in [5.74, 6) is 0.766. The molecule has 20 heavy (non-hydrogen) atoms. The third-order valence-electron chi connectivity index (χ3n) is 4.27. The summed E-state index contributed by atoms with van der Waals surface area (Å²) in [4.78, 5) is 7.31. The first-order valence-corrected chi connectivity index (χ1v) is 8.08. The summed E-state index contributed by atoms with van der Waals surface area (Å²) in [6.45, 7) is 7.31. The molecule has 0 saturated heterocycles. The summed E-state index contributed by atoms with van der Waals surface area (Å²) in [5.41, 5.74) is 7.86. The predicted molar refractivity (Wildman–Crippen MR) is 84.2 cm³/mol. The largest absolute Gasteiger partial charge is 0.325 e. The highest BCUT2D eigenvalue weighted by Crippen LogP contribution is 2.25. The fraction of sp³-hybridized carbons (Fsp3) is 0.706. The van der Waals surface area contributed by atoms with E-state index in [1.54, 1.807) is 0 Å². The van der Waals surface area contributed by atoms with Gasteiger partial charge in [0.1, 0.15) is 0 Å². The zero-order chi connectivity index (χ0) is 14.4. The Morgan fingerprint density at radius 2 is 1.95 bits per heavy atom. The molecule has 0 radical (unpaired) electrons. The van der Waals surface area contributed by atoms with E-state index >= 15 is 0 Å². The average Bonchev–Trinajstić information content (AvgIpc) is 2.97. The molecule has 1 aliphatic carbocycles. The predicted octanol–water partition coefficient (Wildman–Crippen LogP) is 3.33. The van der Waals surface area contributed by atoms with Crippen molar-refractivity contribution in [1.29, 1.82) is 0 Å². The van der Waals surface area contributed by atoms with Crippen molar-refractivity contribution >= 4 is 0 Å². The van der Waals surface area contributed by atoms with Crippen molar-refractivity contribution in [2.45, 2.75) is 65.1 Å². The molecule has 1 heterocycles. The number of hydrogen-bond acceptors (Lipinski definition) is 3. The molecule has 112 valence electrons. The molecule has 0 spiro atoms. The van der Waals surface area contributed by atoms with Crippen LogP contribution in [-0.2, 0) is 13.1 Å². The minimum Gasteiger partial charge on any atom is -0.325 e. The van der Waals surface area contributed by atoms with Crippen LogP contribution in [0.5, 0.6) is 0 Å². The van der Waals surface area contributed by atoms with Gasteiger partial charge in [-0.2, -0.15) is 0 Å². The van der Waals surface area contributed by atoms with Crippen LogP contribution >= 0.6 is 0 Å². The first-order chi connectivity index (χ1) is 9.69. The van der Waals surface area contributed by atoms with Crippen molar-refractivity contribution < 1.29 is 0 Å². The van der Waals surface area contributed by atoms with Crippen LogP contribution in [0.4, 0.5) is 0 Å². The Labute approximate surface area is 123 Å². The SMILES string of the molecule is CC(C)CCN(Cc1cccc(CN)n1)C1CCCC1. The van der Waals surface area contributed by atoms with Gasteiger partial charge in [0.15, 0.2) is 0 Å². The fourth-order valence-corrected chi connectivity index (χ4v) is 3.02. The monoisotopic (exact) mass is 275 g/mol. The molecule has 0 aromatic carbocycles. The highest BCUT2D eigenvalue weighted by molar-refractivity contribution is 5.11. The van der Waals surface area contributed by atoms with Crippen LogP contribution in [0.3, 0.4) is 0 Å². The Bertz CT molecular complexity index is 397. The molecule has 1 aromatic rings. The minimum absolute atomic E-state index is 0.531. The normalized spacial score (nSPS) is 16.4. The first-order valence-electron chi connectivity index (χ1n) is 8.08. The lowest BCUT2D eigenvalue weighted by molar-refractivity contribution is 0.177. The van der Waals surface area contributed by atoms with Crippen LogP contribution in [0.15, 0.2) is 18.2 Å². The second-order valence-electron chi connectivity index (χ2n) is 6.42. The smallest absolute Gasteiger partial charge is 0.0547 e. The van der Waals surface area contributed by atoms with Gasteiger partial charge in [0.25, 0.3) is 0 Å².